The maximum absolute atomic E-state index is 5.36. The molecule has 14 rings (SSSR count). The minimum Gasteiger partial charge on any atom is -0.490 e. The van der Waals surface area contributed by atoms with Gasteiger partial charge in [0.05, 0.1) is 22.2 Å². The van der Waals surface area contributed by atoms with Crippen molar-refractivity contribution in [3.05, 3.63) is 231 Å². The molecule has 0 amide bonds. The second kappa shape index (κ2) is 54.2. The molecule has 3 aromatic heterocycles. The molecule has 0 bridgehead atoms. The van der Waals surface area contributed by atoms with Gasteiger partial charge in [0.1, 0.15) is 25.6 Å². The van der Waals surface area contributed by atoms with Crippen molar-refractivity contribution >= 4 is 50.2 Å². The Morgan fingerprint density at radius 2 is 0.660 bits per heavy atom. The predicted molar refractivity (Wildman–Crippen MR) is 421 cm³/mol. The van der Waals surface area contributed by atoms with Gasteiger partial charge in [0.15, 0.2) is 23.0 Å². The van der Waals surface area contributed by atoms with Gasteiger partial charge in [-0.3, -0.25) is 19.9 Å². The highest BCUT2D eigenvalue weighted by Crippen LogP contribution is 2.31. The third kappa shape index (κ3) is 46.7. The molecule has 11 nitrogen and oxygen atoms in total. The fourth-order valence-electron chi connectivity index (χ4n) is 7.03. The second-order valence-corrected chi connectivity index (χ2v) is 27.2. The number of nitrogens with one attached hydrogen (secondary N) is 2. The van der Waals surface area contributed by atoms with Crippen LogP contribution in [0.5, 0.6) is 28.7 Å². The van der Waals surface area contributed by atoms with E-state index in [1.807, 2.05) is 164 Å². The predicted octanol–water partition coefficient (Wildman–Crippen LogP) is 24.2. The van der Waals surface area contributed by atoms with E-state index >= 15 is 0 Å². The summed E-state index contributed by atoms with van der Waals surface area (Å²) in [6.45, 7) is 49.8. The lowest BCUT2D eigenvalue weighted by Gasteiger charge is -2.17. The van der Waals surface area contributed by atoms with Gasteiger partial charge >= 0.3 is 0 Å². The lowest BCUT2D eigenvalue weighted by atomic mass is 10.1. The largest absolute Gasteiger partial charge is 0.490 e. The first-order valence-corrected chi connectivity index (χ1v) is 34.8. The molecule has 4 aliphatic heterocycles. The highest BCUT2D eigenvalue weighted by molar-refractivity contribution is 5.81. The van der Waals surface area contributed by atoms with Crippen LogP contribution in [0.15, 0.2) is 225 Å². The molecule has 0 saturated carbocycles. The van der Waals surface area contributed by atoms with Crippen molar-refractivity contribution in [1.29, 1.82) is 0 Å². The minimum absolute atomic E-state index is 0.360. The normalized spacial score (nSPS) is 11.5. The first-order valence-electron chi connectivity index (χ1n) is 34.8. The molecule has 0 fully saturated rings. The number of para-hydroxylation sites is 10. The first kappa shape index (κ1) is 86.1. The van der Waals surface area contributed by atoms with E-state index in [4.69, 9.17) is 23.7 Å². The van der Waals surface area contributed by atoms with E-state index in [2.05, 4.69) is 231 Å². The number of benzene rings is 7. The summed E-state index contributed by atoms with van der Waals surface area (Å²) < 4.78 is 26.1. The van der Waals surface area contributed by atoms with Gasteiger partial charge in [0, 0.05) is 55.1 Å². The van der Waals surface area contributed by atoms with Crippen LogP contribution in [0.1, 0.15) is 151 Å². The molecule has 7 heterocycles. The van der Waals surface area contributed by atoms with Crippen LogP contribution < -0.4 is 34.3 Å². The fourth-order valence-corrected chi connectivity index (χ4v) is 7.03. The van der Waals surface area contributed by atoms with E-state index in [9.17, 15) is 0 Å². The fraction of sp³-hybridized carbons (Fsp3) is 0.395. The van der Waals surface area contributed by atoms with Gasteiger partial charge in [-0.05, 0) is 131 Å². The zero-order chi connectivity index (χ0) is 72.0. The number of fused-ring (bicyclic) bond motifs is 7. The Kier molecular flexibility index (Phi) is 48.1. The molecule has 97 heavy (non-hydrogen) atoms. The Labute approximate surface area is 587 Å². The summed E-state index contributed by atoms with van der Waals surface area (Å²) >= 11 is 0. The van der Waals surface area contributed by atoms with Crippen LogP contribution in [-0.4, -0.2) is 59.6 Å². The van der Waals surface area contributed by atoms with Crippen LogP contribution in [0.2, 0.25) is 0 Å². The van der Waals surface area contributed by atoms with Gasteiger partial charge in [0.25, 0.3) is 0 Å². The van der Waals surface area contributed by atoms with Crippen LogP contribution in [-0.2, 0) is 0 Å². The average Bonchev–Trinajstić information content (AvgIpc) is 2.02. The molecule has 0 saturated heterocycles. The Morgan fingerprint density at radius 1 is 0.299 bits per heavy atom. The van der Waals surface area contributed by atoms with Crippen molar-refractivity contribution in [2.45, 2.75) is 145 Å². The van der Waals surface area contributed by atoms with Gasteiger partial charge < -0.3 is 34.3 Å². The van der Waals surface area contributed by atoms with Crippen LogP contribution in [0.4, 0.5) is 11.4 Å². The number of rotatable bonds is 0. The number of aromatic nitrogens is 4. The van der Waals surface area contributed by atoms with Crippen molar-refractivity contribution in [2.24, 2.45) is 41.4 Å². The van der Waals surface area contributed by atoms with E-state index in [0.717, 1.165) is 112 Å². The van der Waals surface area contributed by atoms with Gasteiger partial charge in [-0.25, -0.2) is 0 Å². The van der Waals surface area contributed by atoms with Crippen LogP contribution in [0, 0.1) is 41.4 Å². The maximum atomic E-state index is 5.36. The van der Waals surface area contributed by atoms with Crippen molar-refractivity contribution in [2.75, 3.05) is 50.3 Å². The molecule has 0 spiro atoms. The molecule has 526 valence electrons. The lowest BCUT2D eigenvalue weighted by molar-refractivity contribution is 0.171. The van der Waals surface area contributed by atoms with Gasteiger partial charge in [0.2, 0.25) is 6.79 Å². The quantitative estimate of drug-likeness (QED) is 0.151. The van der Waals surface area contributed by atoms with E-state index in [1.54, 1.807) is 12.4 Å². The van der Waals surface area contributed by atoms with E-state index in [1.165, 1.54) is 27.4 Å². The van der Waals surface area contributed by atoms with Gasteiger partial charge in [-0.2, -0.15) is 0 Å². The standard InChI is InChI=1S/C9H9N.2C9H7N.C8H6N2.C8H9NO.C8H8O2.C7H6O2.7C4H10/c2*1-2-6-9-8(4-1)5-3-7-10-9;1-2-4-9-7-10-6-5-8(9)3-1;3*1-2-4-8-7(3-1)9-5-6-10-8;1-2-4-7-6(3-1)8-5-9-7;7*1-4(2)3/h1-6,10H,7H2;2*1-7H;1-6H;1-4,9H,5-6H2;1-4H,5-6H2;1-4H,5H2;7*4H,1-3H3. The minimum atomic E-state index is 0.360. The third-order valence-electron chi connectivity index (χ3n) is 10.4. The number of hydrogen-bond donors (Lipinski definition) is 2. The van der Waals surface area contributed by atoms with Crippen molar-refractivity contribution < 1.29 is 23.7 Å². The topological polar surface area (TPSA) is 122 Å². The number of pyridine rings is 2. The summed E-state index contributed by atoms with van der Waals surface area (Å²) in [5, 5.41) is 10.2. The molecule has 11 heteroatoms. The summed E-state index contributed by atoms with van der Waals surface area (Å²) in [7, 11) is 0. The van der Waals surface area contributed by atoms with Gasteiger partial charge in [-0.1, -0.05) is 273 Å². The molecule has 0 aliphatic carbocycles. The van der Waals surface area contributed by atoms with Crippen LogP contribution in [0.25, 0.3) is 38.8 Å². The number of anilines is 2. The molecule has 0 radical (unpaired) electrons. The Hall–Kier alpha value is -8.96. The Bertz CT molecular complexity index is 2980. The molecule has 0 unspecified atom stereocenters. The van der Waals surface area contributed by atoms with Gasteiger partial charge in [-0.15, -0.1) is 0 Å². The summed E-state index contributed by atoms with van der Waals surface area (Å²) in [5.41, 5.74) is 6.59. The van der Waals surface area contributed by atoms with Crippen LogP contribution in [0.3, 0.4) is 0 Å². The molecule has 7 aromatic carbocycles. The second-order valence-electron chi connectivity index (χ2n) is 27.2. The number of nitrogens with zero attached hydrogens (tertiary/aromatic N) is 4. The average molecular weight is 1320 g/mol. The Morgan fingerprint density at radius 3 is 1.11 bits per heavy atom. The molecular weight excluding hydrogens is 1200 g/mol. The van der Waals surface area contributed by atoms with E-state index < -0.39 is 0 Å². The van der Waals surface area contributed by atoms with Crippen LogP contribution >= 0.6 is 0 Å². The molecule has 2 N–H and O–H groups in total. The van der Waals surface area contributed by atoms with E-state index in [-0.39, 0.29) is 0 Å². The van der Waals surface area contributed by atoms with Crippen molar-refractivity contribution in [3.63, 3.8) is 0 Å². The summed E-state index contributed by atoms with van der Waals surface area (Å²) in [6.07, 6.45) is 13.2. The zero-order valence-electron chi connectivity index (χ0n) is 63.1. The summed E-state index contributed by atoms with van der Waals surface area (Å²) in [5.74, 6) is 10.2. The Balaban J connectivity index is 0.000000533. The van der Waals surface area contributed by atoms with Crippen molar-refractivity contribution in [1.82, 2.24) is 19.9 Å². The monoisotopic (exact) mass is 1320 g/mol. The van der Waals surface area contributed by atoms with Crippen molar-refractivity contribution in [3.8, 4) is 28.7 Å². The number of hydrogen-bond acceptors (Lipinski definition) is 11. The molecule has 4 aliphatic rings. The molecule has 0 atom stereocenters. The maximum Gasteiger partial charge on any atom is 0.231 e. The first-order chi connectivity index (χ1) is 46.4. The lowest BCUT2D eigenvalue weighted by Crippen LogP contribution is -2.17. The summed E-state index contributed by atoms with van der Waals surface area (Å²) in [4.78, 5) is 16.4. The zero-order valence-corrected chi connectivity index (χ0v) is 63.1. The smallest absolute Gasteiger partial charge is 0.231 e. The highest BCUT2D eigenvalue weighted by atomic mass is 16.7. The highest BCUT2D eigenvalue weighted by Gasteiger charge is 2.10. The SMILES string of the molecule is C1=Cc2ccccc2NC1.CC(C)C.CC(C)C.CC(C)C.CC(C)C.CC(C)C.CC(C)C.CC(C)C.c1ccc2c(c1)NCCO2.c1ccc2c(c1)OCCO2.c1ccc2c(c1)OCO2.c1ccc2cnccc2c1.c1ccc2ncccc2c1.c1ccc2nccnc2c1. The number of ether oxygens (including phenoxy) is 5. The molecule has 10 aromatic rings. The molecular formula is C86H122N6O5. The summed E-state index contributed by atoms with van der Waals surface area (Å²) in [6, 6.07) is 61.7. The third-order valence-corrected chi connectivity index (χ3v) is 10.4. The van der Waals surface area contributed by atoms with E-state index in [0.29, 0.717) is 20.0 Å².